The van der Waals surface area contributed by atoms with Crippen molar-refractivity contribution in [2.45, 2.75) is 31.2 Å². The second-order valence-corrected chi connectivity index (χ2v) is 4.64. The van der Waals surface area contributed by atoms with Crippen molar-refractivity contribution < 1.29 is 26.3 Å². The molecule has 108 valence electrons. The Kier molecular flexibility index (Phi) is 4.88. The fraction of sp³-hybridized carbons (Fsp3) is 1.00. The molecule has 2 nitrogen and oxygen atoms in total. The number of alkyl halides is 6. The molecule has 0 radical (unpaired) electrons. The number of halogens is 6. The van der Waals surface area contributed by atoms with E-state index in [0.29, 0.717) is 0 Å². The Bertz CT molecular complexity index is 262. The van der Waals surface area contributed by atoms with Crippen LogP contribution in [0.15, 0.2) is 0 Å². The van der Waals surface area contributed by atoms with Crippen molar-refractivity contribution in [3.63, 3.8) is 0 Å². The minimum Gasteiger partial charge on any atom is -0.313 e. The standard InChI is InChI=1S/C10H16F6N2/c1-18(6-9(11,12)13)5-3-8-7(2-4-17-8)10(14,15)16/h7-8,17H,2-6H2,1H3. The molecular formula is C10H16F6N2. The zero-order chi connectivity index (χ0) is 14.0. The van der Waals surface area contributed by atoms with Crippen molar-refractivity contribution in [2.75, 3.05) is 26.7 Å². The Labute approximate surface area is 101 Å². The molecule has 1 fully saturated rings. The average molecular weight is 278 g/mol. The largest absolute Gasteiger partial charge is 0.401 e. The zero-order valence-corrected chi connectivity index (χ0v) is 9.91. The van der Waals surface area contributed by atoms with E-state index in [4.69, 9.17) is 0 Å². The molecule has 0 amide bonds. The van der Waals surface area contributed by atoms with E-state index in [1.807, 2.05) is 0 Å². The summed E-state index contributed by atoms with van der Waals surface area (Å²) in [5.41, 5.74) is 0. The predicted molar refractivity (Wildman–Crippen MR) is 54.1 cm³/mol. The summed E-state index contributed by atoms with van der Waals surface area (Å²) in [5.74, 6) is -1.45. The van der Waals surface area contributed by atoms with Gasteiger partial charge in [-0.15, -0.1) is 0 Å². The van der Waals surface area contributed by atoms with Gasteiger partial charge in [-0.3, -0.25) is 4.90 Å². The van der Waals surface area contributed by atoms with Gasteiger partial charge in [0, 0.05) is 6.04 Å². The average Bonchev–Trinajstić information content (AvgIpc) is 2.58. The Hall–Kier alpha value is -0.500. The SMILES string of the molecule is CN(CCC1NCCC1C(F)(F)F)CC(F)(F)F. The van der Waals surface area contributed by atoms with Gasteiger partial charge in [0.2, 0.25) is 0 Å². The first kappa shape index (κ1) is 15.6. The third-order valence-electron chi connectivity index (χ3n) is 3.04. The first-order valence-corrected chi connectivity index (χ1v) is 5.65. The topological polar surface area (TPSA) is 15.3 Å². The van der Waals surface area contributed by atoms with Crippen LogP contribution >= 0.6 is 0 Å². The van der Waals surface area contributed by atoms with E-state index in [9.17, 15) is 26.3 Å². The Balaban J connectivity index is 2.39. The molecule has 0 bridgehead atoms. The van der Waals surface area contributed by atoms with Crippen molar-refractivity contribution in [1.29, 1.82) is 0 Å². The van der Waals surface area contributed by atoms with Crippen LogP contribution in [0.25, 0.3) is 0 Å². The molecule has 0 aliphatic carbocycles. The molecule has 2 unspecified atom stereocenters. The maximum Gasteiger partial charge on any atom is 0.401 e. The monoisotopic (exact) mass is 278 g/mol. The normalized spacial score (nSPS) is 26.0. The van der Waals surface area contributed by atoms with Crippen LogP contribution in [0.5, 0.6) is 0 Å². The minimum absolute atomic E-state index is 0.00283. The third kappa shape index (κ3) is 5.01. The van der Waals surface area contributed by atoms with E-state index in [1.165, 1.54) is 7.05 Å². The fourth-order valence-corrected chi connectivity index (χ4v) is 2.21. The number of rotatable bonds is 4. The predicted octanol–water partition coefficient (Wildman–Crippen LogP) is 2.41. The van der Waals surface area contributed by atoms with E-state index in [-0.39, 0.29) is 25.9 Å². The van der Waals surface area contributed by atoms with Crippen LogP contribution in [-0.4, -0.2) is 50.0 Å². The van der Waals surface area contributed by atoms with Gasteiger partial charge in [0.15, 0.2) is 0 Å². The lowest BCUT2D eigenvalue weighted by Crippen LogP contribution is -2.39. The molecule has 1 rings (SSSR count). The molecule has 1 N–H and O–H groups in total. The maximum absolute atomic E-state index is 12.6. The van der Waals surface area contributed by atoms with Gasteiger partial charge in [-0.2, -0.15) is 26.3 Å². The lowest BCUT2D eigenvalue weighted by molar-refractivity contribution is -0.177. The molecule has 2 atom stereocenters. The van der Waals surface area contributed by atoms with Crippen molar-refractivity contribution in [1.82, 2.24) is 10.2 Å². The van der Waals surface area contributed by atoms with E-state index in [1.54, 1.807) is 0 Å². The summed E-state index contributed by atoms with van der Waals surface area (Å²) in [6.45, 7) is -0.849. The molecule has 0 aromatic carbocycles. The zero-order valence-electron chi connectivity index (χ0n) is 9.91. The smallest absolute Gasteiger partial charge is 0.313 e. The Morgan fingerprint density at radius 2 is 1.78 bits per heavy atom. The van der Waals surface area contributed by atoms with Gasteiger partial charge < -0.3 is 5.32 Å². The second-order valence-electron chi connectivity index (χ2n) is 4.64. The summed E-state index contributed by atoms with van der Waals surface area (Å²) in [6.07, 6.45) is -8.54. The van der Waals surface area contributed by atoms with Crippen LogP contribution in [0.2, 0.25) is 0 Å². The summed E-state index contributed by atoms with van der Waals surface area (Å²) in [5, 5.41) is 2.70. The highest BCUT2D eigenvalue weighted by Crippen LogP contribution is 2.35. The van der Waals surface area contributed by atoms with Gasteiger partial charge in [0.1, 0.15) is 0 Å². The van der Waals surface area contributed by atoms with E-state index < -0.39 is 30.9 Å². The molecule has 0 saturated carbocycles. The summed E-state index contributed by atoms with van der Waals surface area (Å²) in [4.78, 5) is 0.993. The molecule has 1 aliphatic heterocycles. The van der Waals surface area contributed by atoms with Crippen molar-refractivity contribution in [2.24, 2.45) is 5.92 Å². The molecule has 1 saturated heterocycles. The third-order valence-corrected chi connectivity index (χ3v) is 3.04. The van der Waals surface area contributed by atoms with E-state index >= 15 is 0 Å². The Morgan fingerprint density at radius 1 is 1.17 bits per heavy atom. The Morgan fingerprint density at radius 3 is 2.28 bits per heavy atom. The number of nitrogens with zero attached hydrogens (tertiary/aromatic N) is 1. The van der Waals surface area contributed by atoms with Gasteiger partial charge in [0.05, 0.1) is 12.5 Å². The van der Waals surface area contributed by atoms with Gasteiger partial charge in [0.25, 0.3) is 0 Å². The van der Waals surface area contributed by atoms with Crippen molar-refractivity contribution in [3.8, 4) is 0 Å². The fourth-order valence-electron chi connectivity index (χ4n) is 2.21. The highest BCUT2D eigenvalue weighted by atomic mass is 19.4. The molecule has 8 heteroatoms. The number of hydrogen-bond donors (Lipinski definition) is 1. The molecule has 1 aliphatic rings. The summed E-state index contributed by atoms with van der Waals surface area (Å²) < 4.78 is 73.8. The van der Waals surface area contributed by atoms with Gasteiger partial charge in [-0.05, 0) is 33.0 Å². The van der Waals surface area contributed by atoms with Gasteiger partial charge in [-0.1, -0.05) is 0 Å². The van der Waals surface area contributed by atoms with Crippen LogP contribution in [0.4, 0.5) is 26.3 Å². The molecule has 0 spiro atoms. The first-order chi connectivity index (χ1) is 8.09. The minimum atomic E-state index is -4.32. The highest BCUT2D eigenvalue weighted by Gasteiger charge is 2.46. The van der Waals surface area contributed by atoms with Crippen LogP contribution in [0.3, 0.4) is 0 Å². The molecule has 0 aromatic heterocycles. The summed E-state index contributed by atoms with van der Waals surface area (Å²) in [6, 6.07) is -0.777. The highest BCUT2D eigenvalue weighted by molar-refractivity contribution is 4.88. The van der Waals surface area contributed by atoms with E-state index in [2.05, 4.69) is 5.32 Å². The van der Waals surface area contributed by atoms with Gasteiger partial charge >= 0.3 is 12.4 Å². The van der Waals surface area contributed by atoms with Crippen LogP contribution < -0.4 is 5.32 Å². The molecule has 18 heavy (non-hydrogen) atoms. The second kappa shape index (κ2) is 5.64. The van der Waals surface area contributed by atoms with Crippen LogP contribution in [0, 0.1) is 5.92 Å². The molecule has 0 aromatic rings. The van der Waals surface area contributed by atoms with Crippen LogP contribution in [-0.2, 0) is 0 Å². The lowest BCUT2D eigenvalue weighted by Gasteiger charge is -2.25. The maximum atomic E-state index is 12.6. The van der Waals surface area contributed by atoms with Gasteiger partial charge in [-0.25, -0.2) is 0 Å². The number of hydrogen-bond acceptors (Lipinski definition) is 2. The molecule has 1 heterocycles. The van der Waals surface area contributed by atoms with Crippen molar-refractivity contribution in [3.05, 3.63) is 0 Å². The molecular weight excluding hydrogens is 262 g/mol. The quantitative estimate of drug-likeness (QED) is 0.794. The van der Waals surface area contributed by atoms with Crippen LogP contribution in [0.1, 0.15) is 12.8 Å². The van der Waals surface area contributed by atoms with E-state index in [0.717, 1.165) is 4.90 Å². The number of nitrogens with one attached hydrogen (secondary N) is 1. The summed E-state index contributed by atoms with van der Waals surface area (Å²) >= 11 is 0. The first-order valence-electron chi connectivity index (χ1n) is 5.65. The lowest BCUT2D eigenvalue weighted by atomic mass is 9.97. The summed E-state index contributed by atoms with van der Waals surface area (Å²) in [7, 11) is 1.25. The van der Waals surface area contributed by atoms with Crippen molar-refractivity contribution >= 4 is 0 Å².